The van der Waals surface area contributed by atoms with Gasteiger partial charge >= 0.3 is 5.97 Å². The van der Waals surface area contributed by atoms with Gasteiger partial charge in [-0.1, -0.05) is 12.1 Å². The molecule has 5 nitrogen and oxygen atoms in total. The van der Waals surface area contributed by atoms with Crippen LogP contribution >= 0.6 is 23.5 Å². The number of thioether (sulfide) groups is 2. The summed E-state index contributed by atoms with van der Waals surface area (Å²) in [6.45, 7) is 0.813. The highest BCUT2D eigenvalue weighted by atomic mass is 32.2. The van der Waals surface area contributed by atoms with E-state index in [1.54, 1.807) is 12.1 Å². The molecule has 1 unspecified atom stereocenters. The highest BCUT2D eigenvalue weighted by molar-refractivity contribution is 8.16. The Kier molecular flexibility index (Phi) is 5.77. The van der Waals surface area contributed by atoms with E-state index in [1.165, 1.54) is 12.0 Å². The van der Waals surface area contributed by atoms with Crippen molar-refractivity contribution in [3.05, 3.63) is 35.4 Å². The Hall–Kier alpha value is -1.18. The van der Waals surface area contributed by atoms with Gasteiger partial charge in [0.2, 0.25) is 0 Å². The number of hydrogen-bond donors (Lipinski definition) is 3. The van der Waals surface area contributed by atoms with Crippen LogP contribution in [0.4, 0.5) is 0 Å². The average Bonchev–Trinajstić information content (AvgIpc) is 2.53. The van der Waals surface area contributed by atoms with Crippen molar-refractivity contribution in [2.24, 2.45) is 0 Å². The van der Waals surface area contributed by atoms with Gasteiger partial charge in [0, 0.05) is 5.56 Å². The van der Waals surface area contributed by atoms with Crippen LogP contribution in [0.2, 0.25) is 0 Å². The van der Waals surface area contributed by atoms with Crippen LogP contribution in [0.3, 0.4) is 0 Å². The fraction of sp³-hybridized carbons (Fsp3) is 0.467. The molecule has 3 N–H and O–H groups in total. The van der Waals surface area contributed by atoms with Gasteiger partial charge in [0.15, 0.2) is 5.60 Å². The number of nitrogens with one attached hydrogen (secondary N) is 1. The second-order valence-corrected chi connectivity index (χ2v) is 8.04. The van der Waals surface area contributed by atoms with Crippen LogP contribution in [0.25, 0.3) is 0 Å². The third-order valence-corrected chi connectivity index (χ3v) is 6.34. The summed E-state index contributed by atoms with van der Waals surface area (Å²) >= 11 is 3.82. The van der Waals surface area contributed by atoms with Crippen molar-refractivity contribution in [3.63, 3.8) is 0 Å². The molecule has 0 radical (unpaired) electrons. The Morgan fingerprint density at radius 3 is 2.41 bits per heavy atom. The Balaban J connectivity index is 1.95. The molecule has 0 aliphatic carbocycles. The molecule has 0 aromatic heterocycles. The maximum Gasteiger partial charge on any atom is 0.337 e. The SMILES string of the molecule is CC(O)(CNC(=O)c1ccc(C2SCCCS2)cc1)C(=O)O. The molecule has 1 heterocycles. The van der Waals surface area contributed by atoms with Gasteiger partial charge in [0.25, 0.3) is 5.91 Å². The molecule has 1 atom stereocenters. The van der Waals surface area contributed by atoms with Gasteiger partial charge in [-0.15, -0.1) is 23.5 Å². The van der Waals surface area contributed by atoms with E-state index in [2.05, 4.69) is 5.32 Å². The zero-order valence-electron chi connectivity index (χ0n) is 12.2. The van der Waals surface area contributed by atoms with Crippen LogP contribution in [-0.2, 0) is 4.79 Å². The second kappa shape index (κ2) is 7.39. The Morgan fingerprint density at radius 1 is 1.27 bits per heavy atom. The number of carbonyl (C=O) groups is 2. The number of aliphatic hydroxyl groups is 1. The number of hydrogen-bond acceptors (Lipinski definition) is 5. The summed E-state index contributed by atoms with van der Waals surface area (Å²) in [6.07, 6.45) is 1.23. The van der Waals surface area contributed by atoms with E-state index in [9.17, 15) is 14.7 Å². The molecule has 0 bridgehead atoms. The largest absolute Gasteiger partial charge is 0.479 e. The Bertz CT molecular complexity index is 539. The minimum atomic E-state index is -1.97. The highest BCUT2D eigenvalue weighted by Gasteiger charge is 2.30. The van der Waals surface area contributed by atoms with E-state index >= 15 is 0 Å². The van der Waals surface area contributed by atoms with E-state index in [0.717, 1.165) is 18.4 Å². The molecule has 1 aliphatic heterocycles. The number of carboxylic acids is 1. The quantitative estimate of drug-likeness (QED) is 0.760. The summed E-state index contributed by atoms with van der Waals surface area (Å²) in [6, 6.07) is 7.33. The van der Waals surface area contributed by atoms with Crippen molar-refractivity contribution in [1.82, 2.24) is 5.32 Å². The third kappa shape index (κ3) is 4.41. The lowest BCUT2D eigenvalue weighted by Crippen LogP contribution is -2.46. The summed E-state index contributed by atoms with van der Waals surface area (Å²) in [5.41, 5.74) is -0.329. The lowest BCUT2D eigenvalue weighted by Gasteiger charge is -2.21. The number of benzene rings is 1. The summed E-state index contributed by atoms with van der Waals surface area (Å²) in [4.78, 5) is 22.8. The van der Waals surface area contributed by atoms with E-state index in [4.69, 9.17) is 5.11 Å². The summed E-state index contributed by atoms with van der Waals surface area (Å²) in [5, 5.41) is 20.8. The van der Waals surface area contributed by atoms with Crippen LogP contribution in [0.5, 0.6) is 0 Å². The van der Waals surface area contributed by atoms with Gasteiger partial charge < -0.3 is 15.5 Å². The molecule has 1 amide bonds. The first-order valence-corrected chi connectivity index (χ1v) is 9.07. The first-order valence-electron chi connectivity index (χ1n) is 6.97. The molecule has 120 valence electrons. The number of amides is 1. The molecule has 1 aromatic carbocycles. The lowest BCUT2D eigenvalue weighted by molar-refractivity contribution is -0.155. The second-order valence-electron chi connectivity index (χ2n) is 5.31. The molecule has 2 rings (SSSR count). The van der Waals surface area contributed by atoms with Crippen LogP contribution in [0.15, 0.2) is 24.3 Å². The first-order chi connectivity index (χ1) is 10.4. The predicted octanol–water partition coefficient (Wildman–Crippen LogP) is 2.12. The summed E-state index contributed by atoms with van der Waals surface area (Å²) < 4.78 is 0.415. The minimum absolute atomic E-state index is 0.336. The molecule has 22 heavy (non-hydrogen) atoms. The van der Waals surface area contributed by atoms with E-state index in [-0.39, 0.29) is 6.54 Å². The van der Waals surface area contributed by atoms with Crippen LogP contribution < -0.4 is 5.32 Å². The van der Waals surface area contributed by atoms with Gasteiger partial charge in [-0.25, -0.2) is 4.79 Å². The average molecular weight is 341 g/mol. The molecular weight excluding hydrogens is 322 g/mol. The molecule has 1 fully saturated rings. The molecule has 7 heteroatoms. The van der Waals surface area contributed by atoms with Crippen molar-refractivity contribution >= 4 is 35.4 Å². The van der Waals surface area contributed by atoms with Gasteiger partial charge in [-0.05, 0) is 42.5 Å². The number of carbonyl (C=O) groups excluding carboxylic acids is 1. The number of aliphatic carboxylic acids is 1. The number of carboxylic acid groups (broad SMARTS) is 1. The van der Waals surface area contributed by atoms with Crippen molar-refractivity contribution in [1.29, 1.82) is 0 Å². The van der Waals surface area contributed by atoms with E-state index in [0.29, 0.717) is 10.1 Å². The van der Waals surface area contributed by atoms with Crippen LogP contribution in [0.1, 0.15) is 33.8 Å². The highest BCUT2D eigenvalue weighted by Crippen LogP contribution is 2.43. The normalized spacial score (nSPS) is 18.5. The molecule has 1 aliphatic rings. The van der Waals surface area contributed by atoms with Crippen molar-refractivity contribution < 1.29 is 19.8 Å². The summed E-state index contributed by atoms with van der Waals surface area (Å²) in [5.74, 6) is 0.556. The standard InChI is InChI=1S/C15H19NO4S2/c1-15(20,14(18)19)9-16-12(17)10-3-5-11(6-4-10)13-21-7-2-8-22-13/h3-6,13,20H,2,7-9H2,1H3,(H,16,17)(H,18,19). The fourth-order valence-electron chi connectivity index (χ4n) is 1.90. The van der Waals surface area contributed by atoms with Crippen molar-refractivity contribution in [2.75, 3.05) is 18.1 Å². The van der Waals surface area contributed by atoms with Gasteiger partial charge in [0.05, 0.1) is 11.1 Å². The predicted molar refractivity (Wildman–Crippen MR) is 89.3 cm³/mol. The molecule has 0 saturated carbocycles. The topological polar surface area (TPSA) is 86.6 Å². The van der Waals surface area contributed by atoms with Gasteiger partial charge in [-0.3, -0.25) is 4.79 Å². The Labute approximate surface area is 137 Å². The molecule has 0 spiro atoms. The molecular formula is C15H19NO4S2. The minimum Gasteiger partial charge on any atom is -0.479 e. The van der Waals surface area contributed by atoms with Gasteiger partial charge in [0.1, 0.15) is 0 Å². The first kappa shape index (κ1) is 17.2. The zero-order valence-corrected chi connectivity index (χ0v) is 13.9. The van der Waals surface area contributed by atoms with Crippen molar-refractivity contribution in [2.45, 2.75) is 23.5 Å². The monoisotopic (exact) mass is 341 g/mol. The smallest absolute Gasteiger partial charge is 0.337 e. The van der Waals surface area contributed by atoms with E-state index < -0.39 is 17.5 Å². The number of rotatable bonds is 5. The maximum atomic E-state index is 12.0. The van der Waals surface area contributed by atoms with Gasteiger partial charge in [-0.2, -0.15) is 0 Å². The molecule has 1 saturated heterocycles. The van der Waals surface area contributed by atoms with Crippen LogP contribution in [0, 0.1) is 0 Å². The van der Waals surface area contributed by atoms with Crippen LogP contribution in [-0.4, -0.2) is 45.7 Å². The summed E-state index contributed by atoms with van der Waals surface area (Å²) in [7, 11) is 0. The van der Waals surface area contributed by atoms with E-state index in [1.807, 2.05) is 35.7 Å². The van der Waals surface area contributed by atoms with Crippen molar-refractivity contribution in [3.8, 4) is 0 Å². The third-order valence-electron chi connectivity index (χ3n) is 3.33. The fourth-order valence-corrected chi connectivity index (χ4v) is 4.80. The lowest BCUT2D eigenvalue weighted by atomic mass is 10.1. The zero-order chi connectivity index (χ0) is 16.2. The molecule has 1 aromatic rings. The maximum absolute atomic E-state index is 12.0. The Morgan fingerprint density at radius 2 is 1.86 bits per heavy atom.